The summed E-state index contributed by atoms with van der Waals surface area (Å²) >= 11 is 34.4. The van der Waals surface area contributed by atoms with E-state index in [0.29, 0.717) is 45.1 Å². The zero-order valence-corrected chi connectivity index (χ0v) is 47.4. The van der Waals surface area contributed by atoms with Crippen LogP contribution < -0.4 is 9.47 Å². The maximum atomic E-state index is 10.9. The summed E-state index contributed by atoms with van der Waals surface area (Å²) in [4.78, 5) is 72.7. The molecule has 3 heterocycles. The van der Waals surface area contributed by atoms with E-state index in [9.17, 15) is 28.8 Å². The molecule has 0 saturated heterocycles. The van der Waals surface area contributed by atoms with E-state index in [-0.39, 0.29) is 39.6 Å². The van der Waals surface area contributed by atoms with E-state index in [1.807, 2.05) is 91.3 Å². The van der Waals surface area contributed by atoms with Crippen molar-refractivity contribution in [2.75, 3.05) is 13.2 Å². The molecule has 6 aromatic carbocycles. The molecule has 20 heteroatoms. The highest BCUT2D eigenvalue weighted by atomic mass is 35.5. The number of Topliss-reactive ketones (excluding diaryl/α,β-unsaturated/α-hetero) is 3. The lowest BCUT2D eigenvalue weighted by Gasteiger charge is -2.06. The minimum absolute atomic E-state index is 0.0102. The maximum absolute atomic E-state index is 10.9. The number of ether oxygens (including phenoxy) is 2. The Balaban J connectivity index is 0.000000205. The largest absolute Gasteiger partial charge is 0.481 e. The normalized spacial score (nSPS) is 10.2. The molecular weight excluding hydrogens is 1140 g/mol. The predicted octanol–water partition coefficient (Wildman–Crippen LogP) is 15.2. The van der Waals surface area contributed by atoms with Crippen molar-refractivity contribution >= 4 is 138 Å². The third-order valence-corrected chi connectivity index (χ3v) is 12.6. The predicted molar refractivity (Wildman–Crippen MR) is 314 cm³/mol. The number of H-pyrrole nitrogens is 3. The number of aliphatic carboxylic acids is 3. The first-order valence-electron chi connectivity index (χ1n) is 24.0. The van der Waals surface area contributed by atoms with Crippen molar-refractivity contribution in [3.05, 3.63) is 198 Å². The molecule has 0 fully saturated rings. The number of aryl methyl sites for hydroxylation is 1. The van der Waals surface area contributed by atoms with E-state index in [1.165, 1.54) is 40.7 Å². The van der Waals surface area contributed by atoms with Gasteiger partial charge in [0, 0.05) is 81.7 Å². The maximum Gasteiger partial charge on any atom is 0.341 e. The van der Waals surface area contributed by atoms with Gasteiger partial charge in [-0.3, -0.25) is 14.4 Å². The second-order valence-electron chi connectivity index (χ2n) is 17.2. The van der Waals surface area contributed by atoms with Crippen molar-refractivity contribution in [3.63, 3.8) is 0 Å². The van der Waals surface area contributed by atoms with E-state index in [2.05, 4.69) is 27.1 Å². The quantitative estimate of drug-likeness (QED) is 0.0499. The first kappa shape index (κ1) is 64.2. The van der Waals surface area contributed by atoms with Crippen molar-refractivity contribution in [1.29, 1.82) is 0 Å². The lowest BCUT2D eigenvalue weighted by Crippen LogP contribution is -2.09. The van der Waals surface area contributed by atoms with Crippen molar-refractivity contribution in [2.24, 2.45) is 0 Å². The van der Waals surface area contributed by atoms with Crippen LogP contribution in [0.2, 0.25) is 30.1 Å². The first-order valence-corrected chi connectivity index (χ1v) is 26.3. The third kappa shape index (κ3) is 22.9. The number of hydrogen-bond donors (Lipinski definition) is 6. The fourth-order valence-electron chi connectivity index (χ4n) is 7.29. The summed E-state index contributed by atoms with van der Waals surface area (Å²) in [6.45, 7) is 3.98. The van der Waals surface area contributed by atoms with Gasteiger partial charge in [-0.05, 0) is 104 Å². The molecule has 0 amide bonds. The van der Waals surface area contributed by atoms with Gasteiger partial charge in [0.15, 0.2) is 13.2 Å². The molecule has 3 aromatic heterocycles. The lowest BCUT2D eigenvalue weighted by molar-refractivity contribution is -0.140. The third-order valence-electron chi connectivity index (χ3n) is 10.7. The molecule has 0 saturated carbocycles. The van der Waals surface area contributed by atoms with E-state index in [1.54, 1.807) is 39.1 Å². The lowest BCUT2D eigenvalue weighted by atomic mass is 10.1. The number of carbonyl (C=O) groups is 6. The van der Waals surface area contributed by atoms with Gasteiger partial charge in [-0.1, -0.05) is 142 Å². The molecule has 0 atom stereocenters. The van der Waals surface area contributed by atoms with Crippen LogP contribution in [0.4, 0.5) is 0 Å². The molecule has 0 spiro atoms. The Morgan fingerprint density at radius 3 is 1.52 bits per heavy atom. The number of rotatable bonds is 16. The molecule has 6 N–H and O–H groups in total. The number of nitrogens with one attached hydrogen (secondary N) is 3. The number of para-hydroxylation sites is 2. The zero-order chi connectivity index (χ0) is 58.0. The van der Waals surface area contributed by atoms with Crippen LogP contribution in [0, 0.1) is 0 Å². The number of halogens is 6. The van der Waals surface area contributed by atoms with Gasteiger partial charge in [-0.25, -0.2) is 9.59 Å². The Labute approximate surface area is 485 Å². The summed E-state index contributed by atoms with van der Waals surface area (Å²) in [6.07, 6.45) is 9.30. The molecule has 0 radical (unpaired) electrons. The van der Waals surface area contributed by atoms with Crippen molar-refractivity contribution in [1.82, 2.24) is 15.0 Å². The summed E-state index contributed by atoms with van der Waals surface area (Å²) in [7, 11) is 0. The van der Waals surface area contributed by atoms with Gasteiger partial charge in [0.05, 0.1) is 31.5 Å². The van der Waals surface area contributed by atoms with Gasteiger partial charge >= 0.3 is 17.9 Å². The molecule has 0 aliphatic heterocycles. The second-order valence-corrected chi connectivity index (χ2v) is 19.7. The minimum atomic E-state index is -1.09. The molecule has 9 rings (SSSR count). The Kier molecular flexibility index (Phi) is 27.0. The van der Waals surface area contributed by atoms with Crippen molar-refractivity contribution in [3.8, 4) is 11.5 Å². The average molecular weight is 1190 g/mol. The molecule has 0 aliphatic rings. The number of aromatic nitrogens is 3. The highest BCUT2D eigenvalue weighted by Crippen LogP contribution is 2.34. The van der Waals surface area contributed by atoms with E-state index >= 15 is 0 Å². The van der Waals surface area contributed by atoms with Crippen LogP contribution in [-0.2, 0) is 54.5 Å². The van der Waals surface area contributed by atoms with Crippen molar-refractivity contribution in [2.45, 2.75) is 59.3 Å². The molecule has 0 unspecified atom stereocenters. The number of carbonyl (C=O) groups excluding carboxylic acids is 3. The SMILES string of the molecule is CC(=O)CCCc1c[nH]c2ccccc12.CC(=O)Cc1c[nH]c2ccccc12.CC(=O)Cc1ccccc1.O=C(O)COc1cc(Cl)c(Cl)cc1Cl.O=C(O)COc1ccc(Cl)cc1Cl.O=C(O)Cc1c[nH]c2cccc(Cl)c12. The first-order chi connectivity index (χ1) is 37.6. The average Bonchev–Trinajstić information content (AvgIpc) is 4.20. The van der Waals surface area contributed by atoms with Crippen LogP contribution in [0.25, 0.3) is 32.7 Å². The van der Waals surface area contributed by atoms with Crippen LogP contribution in [0.3, 0.4) is 0 Å². The number of benzene rings is 6. The molecular formula is C59H55Cl6N3O11. The molecule has 9 aromatic rings. The van der Waals surface area contributed by atoms with Gasteiger partial charge < -0.3 is 44.5 Å². The van der Waals surface area contributed by atoms with E-state index in [4.69, 9.17) is 94.4 Å². The topological polar surface area (TPSA) is 229 Å². The smallest absolute Gasteiger partial charge is 0.341 e. The second kappa shape index (κ2) is 33.2. The summed E-state index contributed by atoms with van der Waals surface area (Å²) in [5, 5.41) is 30.7. The number of hydrogen-bond acceptors (Lipinski definition) is 8. The molecule has 0 aliphatic carbocycles. The number of ketones is 3. The number of carboxylic acid groups (broad SMARTS) is 3. The monoisotopic (exact) mass is 1190 g/mol. The Hall–Kier alpha value is -7.30. The molecule has 14 nitrogen and oxygen atoms in total. The fraction of sp³-hybridized carbons (Fsp3) is 0.186. The summed E-state index contributed by atoms with van der Waals surface area (Å²) in [5.41, 5.74) is 7.35. The van der Waals surface area contributed by atoms with E-state index in [0.717, 1.165) is 51.3 Å². The number of aromatic amines is 3. The molecule has 414 valence electrons. The highest BCUT2D eigenvalue weighted by Gasteiger charge is 2.11. The summed E-state index contributed by atoms with van der Waals surface area (Å²) in [6, 6.07) is 38.8. The van der Waals surface area contributed by atoms with Crippen LogP contribution >= 0.6 is 69.6 Å². The highest BCUT2D eigenvalue weighted by molar-refractivity contribution is 6.43. The number of carboxylic acids is 3. The van der Waals surface area contributed by atoms with Crippen LogP contribution in [0.15, 0.2) is 146 Å². The van der Waals surface area contributed by atoms with Crippen LogP contribution in [0.1, 0.15) is 55.9 Å². The standard InChI is InChI=1S/C13H15NO.C11H11NO.C10H8ClNO2.C9H10O.C8H5Cl3O3.C8H6Cl2O3/c1-10(15)5-4-6-11-9-14-13-8-3-2-7-12(11)13;1-8(13)6-9-7-12-11-5-3-2-4-10(9)11;11-7-2-1-3-8-10(7)6(5-12-8)4-9(13)14;1-8(10)7-9-5-3-2-4-6-9;9-4-1-6(11)7(2-5(4)10)14-3-8(12)13;9-5-1-2-7(6(10)3-5)13-4-8(11)12/h2-3,7-9,14H,4-6H2,1H3;2-5,7,12H,6H2,1H3;1-3,5,12H,4H2,(H,13,14);2-6H,7H2,1H3;1-2H,3H2,(H,12,13);1-3H,4H2,(H,11,12). The Morgan fingerprint density at radius 2 is 0.949 bits per heavy atom. The summed E-state index contributed by atoms with van der Waals surface area (Å²) in [5.74, 6) is -1.80. The number of fused-ring (bicyclic) bond motifs is 3. The van der Waals surface area contributed by atoms with Gasteiger partial charge in [0.2, 0.25) is 0 Å². The summed E-state index contributed by atoms with van der Waals surface area (Å²) < 4.78 is 9.72. The van der Waals surface area contributed by atoms with Gasteiger partial charge in [-0.15, -0.1) is 0 Å². The van der Waals surface area contributed by atoms with Crippen LogP contribution in [-0.4, -0.2) is 78.7 Å². The Morgan fingerprint density at radius 1 is 0.443 bits per heavy atom. The van der Waals surface area contributed by atoms with E-state index < -0.39 is 31.1 Å². The van der Waals surface area contributed by atoms with Crippen LogP contribution in [0.5, 0.6) is 11.5 Å². The Bertz CT molecular complexity index is 3490. The van der Waals surface area contributed by atoms with Gasteiger partial charge in [0.1, 0.15) is 28.8 Å². The minimum Gasteiger partial charge on any atom is -0.481 e. The van der Waals surface area contributed by atoms with Crippen molar-refractivity contribution < 1.29 is 53.6 Å². The molecule has 79 heavy (non-hydrogen) atoms. The van der Waals surface area contributed by atoms with Gasteiger partial charge in [0.25, 0.3) is 0 Å². The molecule has 0 bridgehead atoms. The van der Waals surface area contributed by atoms with Gasteiger partial charge in [-0.2, -0.15) is 0 Å². The zero-order valence-electron chi connectivity index (χ0n) is 42.9. The fourth-order valence-corrected chi connectivity index (χ4v) is 8.64.